The molecule has 1 saturated heterocycles. The molecule has 2 aromatic rings. The van der Waals surface area contributed by atoms with E-state index in [0.29, 0.717) is 18.8 Å². The monoisotopic (exact) mass is 355 g/mol. The van der Waals surface area contributed by atoms with E-state index < -0.39 is 0 Å². The molecule has 0 saturated carbocycles. The van der Waals surface area contributed by atoms with Crippen molar-refractivity contribution in [3.63, 3.8) is 0 Å². The first-order chi connectivity index (χ1) is 12.4. The van der Waals surface area contributed by atoms with Crippen LogP contribution in [0.3, 0.4) is 0 Å². The average molecular weight is 355 g/mol. The summed E-state index contributed by atoms with van der Waals surface area (Å²) in [5.74, 6) is 0.838. The van der Waals surface area contributed by atoms with Gasteiger partial charge < -0.3 is 19.5 Å². The van der Waals surface area contributed by atoms with Crippen LogP contribution in [0.4, 0.5) is 5.69 Å². The fourth-order valence-corrected chi connectivity index (χ4v) is 3.38. The molecule has 1 aromatic carbocycles. The third kappa shape index (κ3) is 3.31. The molecule has 0 unspecified atom stereocenters. The summed E-state index contributed by atoms with van der Waals surface area (Å²) in [5, 5.41) is 0.980. The Labute approximate surface area is 153 Å². The van der Waals surface area contributed by atoms with Gasteiger partial charge in [-0.3, -0.25) is 9.59 Å². The van der Waals surface area contributed by atoms with Gasteiger partial charge >= 0.3 is 0 Å². The van der Waals surface area contributed by atoms with Gasteiger partial charge in [-0.05, 0) is 24.1 Å². The maximum absolute atomic E-state index is 12.2. The number of benzene rings is 1. The van der Waals surface area contributed by atoms with Crippen LogP contribution in [-0.4, -0.2) is 49.1 Å². The minimum absolute atomic E-state index is 0.0331. The number of H-pyrrole nitrogens is 1. The number of carbonyl (C=O) groups excluding carboxylic acids is 1. The highest BCUT2D eigenvalue weighted by atomic mass is 16.5. The van der Waals surface area contributed by atoms with Crippen LogP contribution < -0.4 is 15.2 Å². The van der Waals surface area contributed by atoms with E-state index in [1.807, 2.05) is 26.0 Å². The number of methoxy groups -OCH3 is 1. The van der Waals surface area contributed by atoms with Gasteiger partial charge in [0.2, 0.25) is 5.91 Å². The standard InChI is InChI=1S/C20H25N3O3/c1-5-19(24)23-8-6-22(7-9-23)17-11-14-10-15(13(2)3)20(25)21-16(14)12-18(17)26-4/h5,10-13H,1,6-9H2,2-4H3,(H,21,25). The molecule has 1 fully saturated rings. The number of ether oxygens (including phenoxy) is 1. The van der Waals surface area contributed by atoms with E-state index in [1.165, 1.54) is 6.08 Å². The molecule has 3 rings (SSSR count). The van der Waals surface area contributed by atoms with E-state index in [0.717, 1.165) is 35.2 Å². The number of pyridine rings is 1. The van der Waals surface area contributed by atoms with Crippen LogP contribution >= 0.6 is 0 Å². The van der Waals surface area contributed by atoms with Crippen LogP contribution in [0.5, 0.6) is 5.75 Å². The Balaban J connectivity index is 1.97. The lowest BCUT2D eigenvalue weighted by molar-refractivity contribution is -0.126. The molecule has 0 spiro atoms. The summed E-state index contributed by atoms with van der Waals surface area (Å²) in [7, 11) is 1.63. The van der Waals surface area contributed by atoms with Crippen LogP contribution in [-0.2, 0) is 4.79 Å². The number of hydrogen-bond donors (Lipinski definition) is 1. The van der Waals surface area contributed by atoms with Gasteiger partial charge in [0.15, 0.2) is 0 Å². The summed E-state index contributed by atoms with van der Waals surface area (Å²) in [6.07, 6.45) is 1.36. The fourth-order valence-electron chi connectivity index (χ4n) is 3.38. The molecule has 138 valence electrons. The highest BCUT2D eigenvalue weighted by molar-refractivity contribution is 5.88. The average Bonchev–Trinajstić information content (AvgIpc) is 2.65. The number of aromatic amines is 1. The van der Waals surface area contributed by atoms with Crippen LogP contribution in [0.2, 0.25) is 0 Å². The summed E-state index contributed by atoms with van der Waals surface area (Å²) >= 11 is 0. The van der Waals surface area contributed by atoms with Gasteiger partial charge in [0.1, 0.15) is 5.75 Å². The first-order valence-corrected chi connectivity index (χ1v) is 8.86. The van der Waals surface area contributed by atoms with Gasteiger partial charge in [-0.1, -0.05) is 20.4 Å². The quantitative estimate of drug-likeness (QED) is 0.856. The van der Waals surface area contributed by atoms with Crippen molar-refractivity contribution in [2.24, 2.45) is 0 Å². The van der Waals surface area contributed by atoms with Gasteiger partial charge in [-0.25, -0.2) is 0 Å². The fraction of sp³-hybridized carbons (Fsp3) is 0.400. The number of carbonyl (C=O) groups is 1. The van der Waals surface area contributed by atoms with Crippen molar-refractivity contribution in [1.82, 2.24) is 9.88 Å². The largest absolute Gasteiger partial charge is 0.495 e. The smallest absolute Gasteiger partial charge is 0.251 e. The predicted octanol–water partition coefficient (Wildman–Crippen LogP) is 2.49. The molecular weight excluding hydrogens is 330 g/mol. The van der Waals surface area contributed by atoms with E-state index in [9.17, 15) is 9.59 Å². The van der Waals surface area contributed by atoms with Gasteiger partial charge in [-0.2, -0.15) is 0 Å². The number of hydrogen-bond acceptors (Lipinski definition) is 4. The van der Waals surface area contributed by atoms with Crippen LogP contribution in [0.15, 0.2) is 35.6 Å². The zero-order chi connectivity index (χ0) is 18.8. The molecule has 0 radical (unpaired) electrons. The van der Waals surface area contributed by atoms with E-state index >= 15 is 0 Å². The Kier molecular flexibility index (Phi) is 5.02. The molecule has 1 amide bonds. The SMILES string of the molecule is C=CC(=O)N1CCN(c2cc3cc(C(C)C)c(=O)[nH]c3cc2OC)CC1. The maximum atomic E-state index is 12.2. The molecule has 2 heterocycles. The van der Waals surface area contributed by atoms with Crippen molar-refractivity contribution < 1.29 is 9.53 Å². The molecule has 26 heavy (non-hydrogen) atoms. The number of piperazine rings is 1. The summed E-state index contributed by atoms with van der Waals surface area (Å²) in [5.41, 5.74) is 2.46. The van der Waals surface area contributed by atoms with Crippen LogP contribution in [0, 0.1) is 0 Å². The van der Waals surface area contributed by atoms with Crippen molar-refractivity contribution in [3.05, 3.63) is 46.8 Å². The first kappa shape index (κ1) is 18.0. The van der Waals surface area contributed by atoms with E-state index in [4.69, 9.17) is 4.74 Å². The molecule has 0 atom stereocenters. The van der Waals surface area contributed by atoms with E-state index in [-0.39, 0.29) is 17.4 Å². The Morgan fingerprint density at radius 3 is 2.50 bits per heavy atom. The molecule has 6 nitrogen and oxygen atoms in total. The molecular formula is C20H25N3O3. The number of nitrogens with one attached hydrogen (secondary N) is 1. The van der Waals surface area contributed by atoms with E-state index in [1.54, 1.807) is 12.0 Å². The number of aromatic nitrogens is 1. The number of nitrogens with zero attached hydrogens (tertiary/aromatic N) is 2. The number of fused-ring (bicyclic) bond motifs is 1. The molecule has 6 heteroatoms. The lowest BCUT2D eigenvalue weighted by Crippen LogP contribution is -2.48. The second kappa shape index (κ2) is 7.23. The van der Waals surface area contributed by atoms with Gasteiger partial charge in [-0.15, -0.1) is 0 Å². The molecule has 1 aromatic heterocycles. The van der Waals surface area contributed by atoms with Crippen molar-refractivity contribution in [1.29, 1.82) is 0 Å². The molecule has 0 aliphatic carbocycles. The Morgan fingerprint density at radius 1 is 1.23 bits per heavy atom. The molecule has 0 bridgehead atoms. The third-order valence-electron chi connectivity index (χ3n) is 4.90. The second-order valence-corrected chi connectivity index (χ2v) is 6.84. The summed E-state index contributed by atoms with van der Waals surface area (Å²) in [6, 6.07) is 5.89. The Bertz CT molecular complexity index is 893. The first-order valence-electron chi connectivity index (χ1n) is 8.86. The van der Waals surface area contributed by atoms with Gasteiger partial charge in [0, 0.05) is 43.2 Å². The topological polar surface area (TPSA) is 65.6 Å². The highest BCUT2D eigenvalue weighted by Crippen LogP contribution is 2.33. The summed E-state index contributed by atoms with van der Waals surface area (Å²) in [4.78, 5) is 31.0. The molecule has 1 aliphatic rings. The predicted molar refractivity (Wildman–Crippen MR) is 104 cm³/mol. The normalized spacial score (nSPS) is 14.8. The third-order valence-corrected chi connectivity index (χ3v) is 4.90. The number of amides is 1. The van der Waals surface area contributed by atoms with Crippen LogP contribution in [0.1, 0.15) is 25.3 Å². The Morgan fingerprint density at radius 2 is 1.92 bits per heavy atom. The van der Waals surface area contributed by atoms with Crippen LogP contribution in [0.25, 0.3) is 10.9 Å². The molecule has 1 aliphatic heterocycles. The van der Waals surface area contributed by atoms with E-state index in [2.05, 4.69) is 22.5 Å². The summed E-state index contributed by atoms with van der Waals surface area (Å²) in [6.45, 7) is 10.3. The Hall–Kier alpha value is -2.76. The number of anilines is 1. The van der Waals surface area contributed by atoms with Crippen molar-refractivity contribution in [2.45, 2.75) is 19.8 Å². The molecule has 1 N–H and O–H groups in total. The van der Waals surface area contributed by atoms with Crippen molar-refractivity contribution >= 4 is 22.5 Å². The van der Waals surface area contributed by atoms with Gasteiger partial charge in [0.25, 0.3) is 5.56 Å². The van der Waals surface area contributed by atoms with Crippen molar-refractivity contribution in [3.8, 4) is 5.75 Å². The lowest BCUT2D eigenvalue weighted by atomic mass is 10.0. The lowest BCUT2D eigenvalue weighted by Gasteiger charge is -2.36. The minimum Gasteiger partial charge on any atom is -0.495 e. The van der Waals surface area contributed by atoms with Gasteiger partial charge in [0.05, 0.1) is 18.3 Å². The highest BCUT2D eigenvalue weighted by Gasteiger charge is 2.22. The van der Waals surface area contributed by atoms with Crippen molar-refractivity contribution in [2.75, 3.05) is 38.2 Å². The second-order valence-electron chi connectivity index (χ2n) is 6.84. The zero-order valence-electron chi connectivity index (χ0n) is 15.5. The minimum atomic E-state index is -0.0566. The zero-order valence-corrected chi connectivity index (χ0v) is 15.5. The number of rotatable bonds is 4. The summed E-state index contributed by atoms with van der Waals surface area (Å²) < 4.78 is 5.56. The maximum Gasteiger partial charge on any atom is 0.251 e.